The predicted octanol–water partition coefficient (Wildman–Crippen LogP) is 4.63. The van der Waals surface area contributed by atoms with Gasteiger partial charge in [-0.2, -0.15) is 0 Å². The minimum Gasteiger partial charge on any atom is -0.491 e. The Hall–Kier alpha value is -0.680. The monoisotopic (exact) mass is 372 g/mol. The van der Waals surface area contributed by atoms with Crippen molar-refractivity contribution in [1.82, 2.24) is 0 Å². The Balaban J connectivity index is 1.73. The molecular weight excluding hydrogens is 360 g/mol. The summed E-state index contributed by atoms with van der Waals surface area (Å²) >= 11 is 10.8. The number of halogens is 2. The molecule has 0 heterocycles. The number of rotatable bonds is 6. The first-order valence-corrected chi connectivity index (χ1v) is 8.24. The SMILES string of the molecule is O[C@@H](COc1ccc(Cl)cc1)CSc1ccc(Br)cc1. The Kier molecular flexibility index (Phi) is 6.23. The van der Waals surface area contributed by atoms with Crippen LogP contribution in [0.4, 0.5) is 0 Å². The van der Waals surface area contributed by atoms with Crippen molar-refractivity contribution in [3.05, 3.63) is 58.0 Å². The minimum atomic E-state index is -0.515. The van der Waals surface area contributed by atoms with Gasteiger partial charge in [-0.1, -0.05) is 27.5 Å². The second-order valence-corrected chi connectivity index (χ2v) is 6.63. The van der Waals surface area contributed by atoms with Gasteiger partial charge < -0.3 is 9.84 Å². The minimum absolute atomic E-state index is 0.269. The third-order valence-corrected chi connectivity index (χ3v) is 4.45. The zero-order valence-corrected chi connectivity index (χ0v) is 13.8. The molecule has 0 amide bonds. The summed E-state index contributed by atoms with van der Waals surface area (Å²) < 4.78 is 6.55. The van der Waals surface area contributed by atoms with Crippen molar-refractivity contribution in [2.75, 3.05) is 12.4 Å². The van der Waals surface area contributed by atoms with Crippen LogP contribution >= 0.6 is 39.3 Å². The van der Waals surface area contributed by atoms with Crippen LogP contribution in [0.2, 0.25) is 5.02 Å². The lowest BCUT2D eigenvalue weighted by Gasteiger charge is -2.12. The number of benzene rings is 2. The highest BCUT2D eigenvalue weighted by atomic mass is 79.9. The van der Waals surface area contributed by atoms with E-state index in [-0.39, 0.29) is 6.61 Å². The highest BCUT2D eigenvalue weighted by Crippen LogP contribution is 2.22. The van der Waals surface area contributed by atoms with Crippen LogP contribution in [0.3, 0.4) is 0 Å². The van der Waals surface area contributed by atoms with E-state index in [1.54, 1.807) is 36.0 Å². The summed E-state index contributed by atoms with van der Waals surface area (Å²) in [6, 6.07) is 15.1. The van der Waals surface area contributed by atoms with E-state index in [4.69, 9.17) is 16.3 Å². The molecular formula is C15H14BrClO2S. The molecule has 0 radical (unpaired) electrons. The fourth-order valence-corrected chi connectivity index (χ4v) is 2.69. The average Bonchev–Trinajstić information content (AvgIpc) is 2.46. The Morgan fingerprint density at radius 2 is 1.75 bits per heavy atom. The van der Waals surface area contributed by atoms with Crippen LogP contribution in [-0.2, 0) is 0 Å². The molecule has 5 heteroatoms. The zero-order valence-electron chi connectivity index (χ0n) is 10.6. The predicted molar refractivity (Wildman–Crippen MR) is 87.8 cm³/mol. The third-order valence-electron chi connectivity index (χ3n) is 2.51. The van der Waals surface area contributed by atoms with Crippen molar-refractivity contribution in [1.29, 1.82) is 0 Å². The number of thioether (sulfide) groups is 1. The largest absolute Gasteiger partial charge is 0.491 e. The molecule has 20 heavy (non-hydrogen) atoms. The fraction of sp³-hybridized carbons (Fsp3) is 0.200. The molecule has 0 aliphatic rings. The number of aliphatic hydroxyl groups is 1. The van der Waals surface area contributed by atoms with Gasteiger partial charge >= 0.3 is 0 Å². The summed E-state index contributed by atoms with van der Waals surface area (Å²) in [6.07, 6.45) is -0.515. The lowest BCUT2D eigenvalue weighted by molar-refractivity contribution is 0.126. The van der Waals surface area contributed by atoms with Gasteiger partial charge in [0.05, 0.1) is 6.10 Å². The molecule has 0 aromatic heterocycles. The molecule has 0 unspecified atom stereocenters. The van der Waals surface area contributed by atoms with Crippen molar-refractivity contribution in [2.45, 2.75) is 11.0 Å². The third kappa shape index (κ3) is 5.37. The van der Waals surface area contributed by atoms with Crippen LogP contribution in [0.25, 0.3) is 0 Å². The van der Waals surface area contributed by atoms with E-state index in [0.717, 1.165) is 9.37 Å². The lowest BCUT2D eigenvalue weighted by atomic mass is 10.3. The molecule has 1 N–H and O–H groups in total. The zero-order chi connectivity index (χ0) is 14.4. The van der Waals surface area contributed by atoms with Crippen molar-refractivity contribution < 1.29 is 9.84 Å². The van der Waals surface area contributed by atoms with E-state index < -0.39 is 6.10 Å². The normalized spacial score (nSPS) is 12.2. The molecule has 0 aliphatic carbocycles. The smallest absolute Gasteiger partial charge is 0.119 e. The summed E-state index contributed by atoms with van der Waals surface area (Å²) in [6.45, 7) is 0.269. The van der Waals surface area contributed by atoms with Gasteiger partial charge in [-0.05, 0) is 48.5 Å². The van der Waals surface area contributed by atoms with Gasteiger partial charge in [-0.15, -0.1) is 11.8 Å². The van der Waals surface area contributed by atoms with Gasteiger partial charge in [0, 0.05) is 20.1 Å². The van der Waals surface area contributed by atoms with E-state index in [2.05, 4.69) is 15.9 Å². The summed E-state index contributed by atoms with van der Waals surface area (Å²) in [5, 5.41) is 10.6. The highest BCUT2D eigenvalue weighted by Gasteiger charge is 2.06. The molecule has 2 aromatic carbocycles. The maximum Gasteiger partial charge on any atom is 0.119 e. The highest BCUT2D eigenvalue weighted by molar-refractivity contribution is 9.10. The van der Waals surface area contributed by atoms with Crippen molar-refractivity contribution in [2.24, 2.45) is 0 Å². The van der Waals surface area contributed by atoms with Gasteiger partial charge in [0.15, 0.2) is 0 Å². The maximum absolute atomic E-state index is 9.90. The molecule has 2 rings (SSSR count). The Morgan fingerprint density at radius 1 is 1.10 bits per heavy atom. The first-order valence-electron chi connectivity index (χ1n) is 6.08. The molecule has 0 fully saturated rings. The first-order chi connectivity index (χ1) is 9.63. The molecule has 0 saturated carbocycles. The number of hydrogen-bond acceptors (Lipinski definition) is 3. The van der Waals surface area contributed by atoms with Crippen LogP contribution in [0, 0.1) is 0 Å². The molecule has 0 saturated heterocycles. The summed E-state index contributed by atoms with van der Waals surface area (Å²) in [5.41, 5.74) is 0. The molecule has 2 nitrogen and oxygen atoms in total. The van der Waals surface area contributed by atoms with E-state index in [0.29, 0.717) is 16.5 Å². The molecule has 0 aliphatic heterocycles. The van der Waals surface area contributed by atoms with E-state index in [1.807, 2.05) is 24.3 Å². The number of ether oxygens (including phenoxy) is 1. The van der Waals surface area contributed by atoms with Crippen molar-refractivity contribution in [3.8, 4) is 5.75 Å². The molecule has 1 atom stereocenters. The van der Waals surface area contributed by atoms with Crippen LogP contribution in [-0.4, -0.2) is 23.6 Å². The van der Waals surface area contributed by atoms with Gasteiger partial charge in [0.1, 0.15) is 12.4 Å². The van der Waals surface area contributed by atoms with Crippen LogP contribution < -0.4 is 4.74 Å². The quantitative estimate of drug-likeness (QED) is 0.748. The fourth-order valence-electron chi connectivity index (χ4n) is 1.49. The second kappa shape index (κ2) is 7.93. The van der Waals surface area contributed by atoms with E-state index >= 15 is 0 Å². The van der Waals surface area contributed by atoms with Crippen LogP contribution in [0.5, 0.6) is 5.75 Å². The summed E-state index contributed by atoms with van der Waals surface area (Å²) in [5.74, 6) is 1.30. The number of hydrogen-bond donors (Lipinski definition) is 1. The first kappa shape index (κ1) is 15.7. The topological polar surface area (TPSA) is 29.5 Å². The Labute approximate surface area is 136 Å². The summed E-state index contributed by atoms with van der Waals surface area (Å²) in [4.78, 5) is 1.12. The van der Waals surface area contributed by atoms with Gasteiger partial charge in [0.2, 0.25) is 0 Å². The van der Waals surface area contributed by atoms with Crippen LogP contribution in [0.1, 0.15) is 0 Å². The van der Waals surface area contributed by atoms with Crippen LogP contribution in [0.15, 0.2) is 57.9 Å². The molecule has 2 aromatic rings. The molecule has 0 spiro atoms. The lowest BCUT2D eigenvalue weighted by Crippen LogP contribution is -2.19. The average molecular weight is 374 g/mol. The molecule has 0 bridgehead atoms. The van der Waals surface area contributed by atoms with Gasteiger partial charge in [-0.25, -0.2) is 0 Å². The Bertz CT molecular complexity index is 481. The van der Waals surface area contributed by atoms with Crippen molar-refractivity contribution in [3.63, 3.8) is 0 Å². The van der Waals surface area contributed by atoms with E-state index in [9.17, 15) is 5.11 Å². The maximum atomic E-state index is 9.90. The van der Waals surface area contributed by atoms with Gasteiger partial charge in [-0.3, -0.25) is 0 Å². The Morgan fingerprint density at radius 3 is 2.40 bits per heavy atom. The van der Waals surface area contributed by atoms with Crippen molar-refractivity contribution >= 4 is 39.3 Å². The summed E-state index contributed by atoms with van der Waals surface area (Å²) in [7, 11) is 0. The van der Waals surface area contributed by atoms with E-state index in [1.165, 1.54) is 0 Å². The second-order valence-electron chi connectivity index (χ2n) is 4.18. The van der Waals surface area contributed by atoms with Gasteiger partial charge in [0.25, 0.3) is 0 Å². The number of aliphatic hydroxyl groups excluding tert-OH is 1. The standard InChI is InChI=1S/C15H14BrClO2S/c16-11-1-7-15(8-2-11)20-10-13(18)9-19-14-5-3-12(17)4-6-14/h1-8,13,18H,9-10H2/t13-/m0/s1. The molecule has 106 valence electrons.